The van der Waals surface area contributed by atoms with E-state index >= 15 is 0 Å². The number of rotatable bonds is 8. The molecule has 0 heterocycles. The van der Waals surface area contributed by atoms with E-state index in [1.165, 1.54) is 25.8 Å². The van der Waals surface area contributed by atoms with Crippen LogP contribution in [0.25, 0.3) is 0 Å². The highest BCUT2D eigenvalue weighted by atomic mass is 15.1. The minimum absolute atomic E-state index is 0.416. The molecule has 0 aromatic rings. The van der Waals surface area contributed by atoms with Crippen LogP contribution in [0, 0.1) is 10.8 Å². The monoisotopic (exact) mass is 241 g/mol. The molecule has 0 amide bonds. The van der Waals surface area contributed by atoms with Gasteiger partial charge in [0.25, 0.3) is 0 Å². The molecule has 0 aliphatic heterocycles. The van der Waals surface area contributed by atoms with Gasteiger partial charge in [0.15, 0.2) is 0 Å². The first-order chi connectivity index (χ1) is 7.63. The molecule has 0 N–H and O–H groups in total. The van der Waals surface area contributed by atoms with E-state index < -0.39 is 0 Å². The summed E-state index contributed by atoms with van der Waals surface area (Å²) >= 11 is 0. The van der Waals surface area contributed by atoms with Gasteiger partial charge in [-0.2, -0.15) is 0 Å². The normalized spacial score (nSPS) is 13.8. The molecule has 0 radical (unpaired) electrons. The van der Waals surface area contributed by atoms with Crippen molar-refractivity contribution < 1.29 is 0 Å². The van der Waals surface area contributed by atoms with Gasteiger partial charge in [-0.1, -0.05) is 48.0 Å². The highest BCUT2D eigenvalue weighted by molar-refractivity contribution is 4.82. The van der Waals surface area contributed by atoms with E-state index in [4.69, 9.17) is 0 Å². The van der Waals surface area contributed by atoms with Crippen LogP contribution in [0.15, 0.2) is 0 Å². The minimum atomic E-state index is 0.416. The van der Waals surface area contributed by atoms with E-state index in [1.54, 1.807) is 0 Å². The maximum Gasteiger partial charge on any atom is 0.00387 e. The zero-order valence-corrected chi connectivity index (χ0v) is 13.6. The third-order valence-electron chi connectivity index (χ3n) is 3.65. The largest absolute Gasteiger partial charge is 0.301 e. The predicted octanol–water partition coefficient (Wildman–Crippen LogP) is 4.96. The van der Waals surface area contributed by atoms with Crippen LogP contribution in [-0.4, -0.2) is 24.0 Å². The Bertz CT molecular complexity index is 204. The fourth-order valence-corrected chi connectivity index (χ4v) is 3.33. The standard InChI is InChI=1S/C16H35N/c1-9-11-15(5,6)12-16(7,8)13-17(10-2)14(3)4/h14H,9-13H2,1-8H3. The van der Waals surface area contributed by atoms with E-state index in [9.17, 15) is 0 Å². The molecule has 0 unspecified atom stereocenters. The van der Waals surface area contributed by atoms with Crippen molar-refractivity contribution in [2.24, 2.45) is 10.8 Å². The maximum absolute atomic E-state index is 2.59. The Morgan fingerprint density at radius 3 is 1.82 bits per heavy atom. The summed E-state index contributed by atoms with van der Waals surface area (Å²) in [7, 11) is 0. The Hall–Kier alpha value is -0.0400. The van der Waals surface area contributed by atoms with E-state index in [-0.39, 0.29) is 0 Å². The van der Waals surface area contributed by atoms with Crippen LogP contribution in [0.1, 0.15) is 74.7 Å². The van der Waals surface area contributed by atoms with Gasteiger partial charge in [-0.3, -0.25) is 0 Å². The average Bonchev–Trinajstić information content (AvgIpc) is 2.11. The topological polar surface area (TPSA) is 3.24 Å². The third-order valence-corrected chi connectivity index (χ3v) is 3.65. The van der Waals surface area contributed by atoms with Crippen molar-refractivity contribution in [2.75, 3.05) is 13.1 Å². The molecule has 0 aliphatic carbocycles. The van der Waals surface area contributed by atoms with E-state index in [2.05, 4.69) is 60.3 Å². The molecule has 104 valence electrons. The van der Waals surface area contributed by atoms with Crippen molar-refractivity contribution in [3.63, 3.8) is 0 Å². The van der Waals surface area contributed by atoms with Crippen LogP contribution < -0.4 is 0 Å². The molecule has 0 aliphatic rings. The molecular weight excluding hydrogens is 206 g/mol. The molecule has 17 heavy (non-hydrogen) atoms. The van der Waals surface area contributed by atoms with E-state index in [1.807, 2.05) is 0 Å². The second kappa shape index (κ2) is 6.78. The third kappa shape index (κ3) is 7.08. The Balaban J connectivity index is 4.46. The quantitative estimate of drug-likeness (QED) is 0.580. The molecular formula is C16H35N. The van der Waals surface area contributed by atoms with Gasteiger partial charge in [-0.05, 0) is 44.1 Å². The summed E-state index contributed by atoms with van der Waals surface area (Å²) in [5.74, 6) is 0. The first-order valence-electron chi connectivity index (χ1n) is 7.37. The fraction of sp³-hybridized carbons (Fsp3) is 1.00. The van der Waals surface area contributed by atoms with Crippen molar-refractivity contribution >= 4 is 0 Å². The summed E-state index contributed by atoms with van der Waals surface area (Å²) in [4.78, 5) is 2.59. The van der Waals surface area contributed by atoms with Gasteiger partial charge in [0.1, 0.15) is 0 Å². The lowest BCUT2D eigenvalue weighted by molar-refractivity contribution is 0.102. The molecule has 0 spiro atoms. The summed E-state index contributed by atoms with van der Waals surface area (Å²) in [5.41, 5.74) is 0.896. The van der Waals surface area contributed by atoms with Crippen molar-refractivity contribution in [3.05, 3.63) is 0 Å². The van der Waals surface area contributed by atoms with Crippen molar-refractivity contribution in [2.45, 2.75) is 80.7 Å². The van der Waals surface area contributed by atoms with Crippen LogP contribution in [0.5, 0.6) is 0 Å². The van der Waals surface area contributed by atoms with Gasteiger partial charge in [0.2, 0.25) is 0 Å². The number of hydrogen-bond acceptors (Lipinski definition) is 1. The van der Waals surface area contributed by atoms with Gasteiger partial charge in [0, 0.05) is 12.6 Å². The highest BCUT2D eigenvalue weighted by Crippen LogP contribution is 2.37. The average molecular weight is 241 g/mol. The molecule has 1 nitrogen and oxygen atoms in total. The van der Waals surface area contributed by atoms with Crippen LogP contribution >= 0.6 is 0 Å². The highest BCUT2D eigenvalue weighted by Gasteiger charge is 2.30. The zero-order chi connectivity index (χ0) is 13.7. The van der Waals surface area contributed by atoms with Gasteiger partial charge >= 0.3 is 0 Å². The SMILES string of the molecule is CCCC(C)(C)CC(C)(C)CN(CC)C(C)C. The van der Waals surface area contributed by atoms with E-state index in [0.29, 0.717) is 16.9 Å². The van der Waals surface area contributed by atoms with Crippen molar-refractivity contribution in [1.29, 1.82) is 0 Å². The van der Waals surface area contributed by atoms with Gasteiger partial charge in [-0.25, -0.2) is 0 Å². The fourth-order valence-electron chi connectivity index (χ4n) is 3.33. The summed E-state index contributed by atoms with van der Waals surface area (Å²) in [6.45, 7) is 21.2. The van der Waals surface area contributed by atoms with Crippen LogP contribution in [-0.2, 0) is 0 Å². The minimum Gasteiger partial charge on any atom is -0.301 e. The van der Waals surface area contributed by atoms with Crippen LogP contribution in [0.3, 0.4) is 0 Å². The van der Waals surface area contributed by atoms with Crippen LogP contribution in [0.2, 0.25) is 0 Å². The lowest BCUT2D eigenvalue weighted by atomic mass is 9.72. The summed E-state index contributed by atoms with van der Waals surface area (Å²) in [5, 5.41) is 0. The molecule has 0 aromatic heterocycles. The number of nitrogens with zero attached hydrogens (tertiary/aromatic N) is 1. The molecule has 0 aromatic carbocycles. The molecule has 0 atom stereocenters. The zero-order valence-electron chi connectivity index (χ0n) is 13.6. The molecule has 0 saturated heterocycles. The molecule has 1 heteroatoms. The first-order valence-corrected chi connectivity index (χ1v) is 7.37. The Morgan fingerprint density at radius 1 is 0.941 bits per heavy atom. The second-order valence-electron chi connectivity index (χ2n) is 7.41. The predicted molar refractivity (Wildman–Crippen MR) is 79.5 cm³/mol. The van der Waals surface area contributed by atoms with Gasteiger partial charge in [0.05, 0.1) is 0 Å². The summed E-state index contributed by atoms with van der Waals surface area (Å²) in [6, 6.07) is 0.661. The lowest BCUT2D eigenvalue weighted by Crippen LogP contribution is -2.40. The molecule has 0 rings (SSSR count). The van der Waals surface area contributed by atoms with Gasteiger partial charge < -0.3 is 4.90 Å². The Morgan fingerprint density at radius 2 is 1.47 bits per heavy atom. The lowest BCUT2D eigenvalue weighted by Gasteiger charge is -2.39. The van der Waals surface area contributed by atoms with Gasteiger partial charge in [-0.15, -0.1) is 0 Å². The number of hydrogen-bond donors (Lipinski definition) is 0. The molecule has 0 saturated carbocycles. The maximum atomic E-state index is 2.59. The van der Waals surface area contributed by atoms with Crippen molar-refractivity contribution in [1.82, 2.24) is 4.90 Å². The van der Waals surface area contributed by atoms with Crippen molar-refractivity contribution in [3.8, 4) is 0 Å². The van der Waals surface area contributed by atoms with Crippen LogP contribution in [0.4, 0.5) is 0 Å². The first kappa shape index (κ1) is 17.0. The Kier molecular flexibility index (Phi) is 6.76. The smallest absolute Gasteiger partial charge is 0.00387 e. The van der Waals surface area contributed by atoms with E-state index in [0.717, 1.165) is 6.54 Å². The summed E-state index contributed by atoms with van der Waals surface area (Å²) < 4.78 is 0. The molecule has 0 fully saturated rings. The second-order valence-corrected chi connectivity index (χ2v) is 7.41. The molecule has 0 bridgehead atoms. The Labute approximate surface area is 110 Å². The summed E-state index contributed by atoms with van der Waals surface area (Å²) in [6.07, 6.45) is 3.95.